The van der Waals surface area contributed by atoms with Crippen LogP contribution in [0, 0.1) is 0 Å². The van der Waals surface area contributed by atoms with Gasteiger partial charge in [0.2, 0.25) is 5.91 Å². The third-order valence-electron chi connectivity index (χ3n) is 3.47. The van der Waals surface area contributed by atoms with Gasteiger partial charge in [0.05, 0.1) is 12.5 Å². The van der Waals surface area contributed by atoms with Gasteiger partial charge in [-0.1, -0.05) is 24.3 Å². The van der Waals surface area contributed by atoms with Gasteiger partial charge in [0, 0.05) is 20.2 Å². The van der Waals surface area contributed by atoms with Gasteiger partial charge in [-0.25, -0.2) is 0 Å². The van der Waals surface area contributed by atoms with E-state index in [1.54, 1.807) is 6.07 Å². The van der Waals surface area contributed by atoms with Crippen LogP contribution in [-0.4, -0.2) is 48.2 Å². The van der Waals surface area contributed by atoms with Crippen molar-refractivity contribution in [2.45, 2.75) is 18.5 Å². The van der Waals surface area contributed by atoms with Crippen LogP contribution in [0.25, 0.3) is 0 Å². The Morgan fingerprint density at radius 2 is 2.20 bits per heavy atom. The largest absolute Gasteiger partial charge is 0.481 e. The van der Waals surface area contributed by atoms with Gasteiger partial charge in [-0.15, -0.1) is 0 Å². The van der Waals surface area contributed by atoms with Crippen LogP contribution in [-0.2, 0) is 20.9 Å². The summed E-state index contributed by atoms with van der Waals surface area (Å²) in [5.74, 6) is -1.93. The average molecular weight is 278 g/mol. The molecule has 1 aliphatic heterocycles. The van der Waals surface area contributed by atoms with E-state index in [2.05, 4.69) is 0 Å². The molecule has 2 atom stereocenters. The molecule has 3 N–H and O–H groups in total. The highest BCUT2D eigenvalue weighted by atomic mass is 16.5. The third kappa shape index (κ3) is 2.81. The lowest BCUT2D eigenvalue weighted by atomic mass is 9.89. The minimum absolute atomic E-state index is 0.120. The lowest BCUT2D eigenvalue weighted by Crippen LogP contribution is -2.49. The highest BCUT2D eigenvalue weighted by molar-refractivity contribution is 5.84. The molecule has 1 aromatic carbocycles. The summed E-state index contributed by atoms with van der Waals surface area (Å²) >= 11 is 0. The van der Waals surface area contributed by atoms with E-state index in [0.717, 1.165) is 11.1 Å². The summed E-state index contributed by atoms with van der Waals surface area (Å²) in [5, 5.41) is 9.33. The number of aliphatic carboxylic acids is 1. The molecule has 1 aromatic rings. The monoisotopic (exact) mass is 278 g/mol. The second kappa shape index (κ2) is 6.02. The lowest BCUT2D eigenvalue weighted by Gasteiger charge is -2.34. The van der Waals surface area contributed by atoms with E-state index in [-0.39, 0.29) is 19.1 Å². The van der Waals surface area contributed by atoms with Gasteiger partial charge < -0.3 is 20.5 Å². The van der Waals surface area contributed by atoms with Gasteiger partial charge in [-0.05, 0) is 11.1 Å². The van der Waals surface area contributed by atoms with Crippen molar-refractivity contribution < 1.29 is 19.4 Å². The normalized spacial score (nSPS) is 19.3. The molecule has 20 heavy (non-hydrogen) atoms. The number of nitrogens with two attached hydrogens (primary N) is 1. The zero-order valence-corrected chi connectivity index (χ0v) is 11.3. The van der Waals surface area contributed by atoms with Gasteiger partial charge in [-0.3, -0.25) is 9.59 Å². The lowest BCUT2D eigenvalue weighted by molar-refractivity contribution is -0.142. The highest BCUT2D eigenvalue weighted by Gasteiger charge is 2.33. The number of carbonyl (C=O) groups is 2. The summed E-state index contributed by atoms with van der Waals surface area (Å²) in [4.78, 5) is 25.1. The summed E-state index contributed by atoms with van der Waals surface area (Å²) in [6.45, 7) is 0.646. The Morgan fingerprint density at radius 3 is 2.85 bits per heavy atom. The van der Waals surface area contributed by atoms with E-state index in [1.807, 2.05) is 18.2 Å². The number of rotatable bonds is 4. The van der Waals surface area contributed by atoms with Crippen molar-refractivity contribution in [2.75, 3.05) is 20.3 Å². The first-order valence-corrected chi connectivity index (χ1v) is 6.38. The smallest absolute Gasteiger partial charge is 0.312 e. The number of nitrogens with zero attached hydrogens (tertiary/aromatic N) is 1. The van der Waals surface area contributed by atoms with Crippen molar-refractivity contribution in [3.63, 3.8) is 0 Å². The SMILES string of the molecule is COCC(N)C(=O)N1Cc2ccccc2C(C(=O)O)C1. The number of methoxy groups -OCH3 is 1. The van der Waals surface area contributed by atoms with Crippen LogP contribution < -0.4 is 5.73 Å². The van der Waals surface area contributed by atoms with Gasteiger partial charge >= 0.3 is 5.97 Å². The maximum absolute atomic E-state index is 12.2. The summed E-state index contributed by atoms with van der Waals surface area (Å²) in [6.07, 6.45) is 0. The number of carboxylic acid groups (broad SMARTS) is 1. The first-order valence-electron chi connectivity index (χ1n) is 6.38. The molecule has 2 rings (SSSR count). The molecule has 0 fully saturated rings. The van der Waals surface area contributed by atoms with Crippen molar-refractivity contribution >= 4 is 11.9 Å². The number of hydrogen-bond acceptors (Lipinski definition) is 4. The van der Waals surface area contributed by atoms with E-state index < -0.39 is 17.9 Å². The molecule has 0 aliphatic carbocycles. The number of hydrogen-bond donors (Lipinski definition) is 2. The summed E-state index contributed by atoms with van der Waals surface area (Å²) in [7, 11) is 1.47. The van der Waals surface area contributed by atoms with E-state index in [1.165, 1.54) is 12.0 Å². The minimum atomic E-state index is -0.935. The number of amides is 1. The number of carbonyl (C=O) groups excluding carboxylic acids is 1. The second-order valence-electron chi connectivity index (χ2n) is 4.87. The van der Waals surface area contributed by atoms with Crippen molar-refractivity contribution in [3.8, 4) is 0 Å². The molecule has 1 heterocycles. The van der Waals surface area contributed by atoms with Gasteiger partial charge in [0.15, 0.2) is 0 Å². The Balaban J connectivity index is 2.24. The molecular formula is C14H18N2O4. The quantitative estimate of drug-likeness (QED) is 0.819. The van der Waals surface area contributed by atoms with Gasteiger partial charge in [-0.2, -0.15) is 0 Å². The van der Waals surface area contributed by atoms with Crippen molar-refractivity contribution in [3.05, 3.63) is 35.4 Å². The molecular weight excluding hydrogens is 260 g/mol. The molecule has 2 unspecified atom stereocenters. The van der Waals surface area contributed by atoms with Crippen LogP contribution in [0.1, 0.15) is 17.0 Å². The van der Waals surface area contributed by atoms with Gasteiger partial charge in [0.1, 0.15) is 6.04 Å². The van der Waals surface area contributed by atoms with Crippen LogP contribution in [0.4, 0.5) is 0 Å². The van der Waals surface area contributed by atoms with Crippen LogP contribution in [0.3, 0.4) is 0 Å². The van der Waals surface area contributed by atoms with Crippen LogP contribution in [0.5, 0.6) is 0 Å². The van der Waals surface area contributed by atoms with E-state index in [0.29, 0.717) is 6.54 Å². The molecule has 6 nitrogen and oxygen atoms in total. The second-order valence-corrected chi connectivity index (χ2v) is 4.87. The number of fused-ring (bicyclic) bond motifs is 1. The van der Waals surface area contributed by atoms with Crippen LogP contribution >= 0.6 is 0 Å². The average Bonchev–Trinajstić information content (AvgIpc) is 2.45. The van der Waals surface area contributed by atoms with Crippen molar-refractivity contribution in [1.29, 1.82) is 0 Å². The Hall–Kier alpha value is -1.92. The van der Waals surface area contributed by atoms with Gasteiger partial charge in [0.25, 0.3) is 0 Å². The van der Waals surface area contributed by atoms with E-state index in [9.17, 15) is 14.7 Å². The fourth-order valence-electron chi connectivity index (χ4n) is 2.47. The Morgan fingerprint density at radius 1 is 1.50 bits per heavy atom. The number of ether oxygens (including phenoxy) is 1. The predicted octanol–water partition coefficient (Wildman–Crippen LogP) is 0.171. The molecule has 0 saturated carbocycles. The Labute approximate surface area is 117 Å². The number of benzene rings is 1. The molecule has 0 aromatic heterocycles. The molecule has 0 bridgehead atoms. The maximum atomic E-state index is 12.2. The topological polar surface area (TPSA) is 92.9 Å². The standard InChI is InChI=1S/C14H18N2O4/c1-20-8-12(15)13(17)16-6-9-4-2-3-5-10(9)11(7-16)14(18)19/h2-5,11-12H,6-8,15H2,1H3,(H,18,19). The molecule has 0 saturated heterocycles. The first kappa shape index (κ1) is 14.5. The van der Waals surface area contributed by atoms with E-state index >= 15 is 0 Å². The Kier molecular flexibility index (Phi) is 4.36. The molecule has 6 heteroatoms. The van der Waals surface area contributed by atoms with Crippen LogP contribution in [0.2, 0.25) is 0 Å². The fourth-order valence-corrected chi connectivity index (χ4v) is 2.47. The molecule has 1 aliphatic rings. The highest BCUT2D eigenvalue weighted by Crippen LogP contribution is 2.28. The van der Waals surface area contributed by atoms with Crippen molar-refractivity contribution in [2.24, 2.45) is 5.73 Å². The van der Waals surface area contributed by atoms with E-state index in [4.69, 9.17) is 10.5 Å². The van der Waals surface area contributed by atoms with Crippen molar-refractivity contribution in [1.82, 2.24) is 4.90 Å². The number of carboxylic acids is 1. The fraction of sp³-hybridized carbons (Fsp3) is 0.429. The molecule has 1 amide bonds. The third-order valence-corrected chi connectivity index (χ3v) is 3.47. The van der Waals surface area contributed by atoms with Crippen LogP contribution in [0.15, 0.2) is 24.3 Å². The first-order chi connectivity index (χ1) is 9.54. The molecule has 0 spiro atoms. The molecule has 108 valence electrons. The Bertz CT molecular complexity index is 518. The summed E-state index contributed by atoms with van der Waals surface area (Å²) < 4.78 is 4.87. The maximum Gasteiger partial charge on any atom is 0.312 e. The minimum Gasteiger partial charge on any atom is -0.481 e. The zero-order valence-electron chi connectivity index (χ0n) is 11.3. The zero-order chi connectivity index (χ0) is 14.7. The summed E-state index contributed by atoms with van der Waals surface area (Å²) in [5.41, 5.74) is 7.36. The predicted molar refractivity (Wildman–Crippen MR) is 72.1 cm³/mol. The summed E-state index contributed by atoms with van der Waals surface area (Å²) in [6, 6.07) is 6.51. The molecule has 0 radical (unpaired) electrons.